The van der Waals surface area contributed by atoms with Gasteiger partial charge < -0.3 is 19.9 Å². The molecule has 1 atom stereocenters. The highest BCUT2D eigenvalue weighted by Crippen LogP contribution is 2.27. The lowest BCUT2D eigenvalue weighted by atomic mass is 9.95. The van der Waals surface area contributed by atoms with Crippen LogP contribution in [-0.2, 0) is 11.2 Å². The molecule has 2 rings (SSSR count). The molecular weight excluding hydrogens is 390 g/mol. The molecule has 2 N–H and O–H groups in total. The molecule has 0 aromatic heterocycles. The first-order chi connectivity index (χ1) is 14.9. The topological polar surface area (TPSA) is 70.8 Å². The molecule has 0 aliphatic heterocycles. The first kappa shape index (κ1) is 23.8. The van der Waals surface area contributed by atoms with Crippen molar-refractivity contribution in [3.05, 3.63) is 84.5 Å². The molecule has 0 fully saturated rings. The van der Waals surface area contributed by atoms with E-state index in [0.717, 1.165) is 22.4 Å². The Balaban J connectivity index is 2.05. The zero-order chi connectivity index (χ0) is 22.8. The van der Waals surface area contributed by atoms with E-state index < -0.39 is 0 Å². The molecule has 2 aromatic rings. The van der Waals surface area contributed by atoms with E-state index in [-0.39, 0.29) is 18.3 Å². The van der Waals surface area contributed by atoms with Crippen LogP contribution < -0.4 is 19.9 Å². The largest absolute Gasteiger partial charge is 0.496 e. The lowest BCUT2D eigenvalue weighted by Crippen LogP contribution is -2.22. The number of aryl methyl sites for hydroxylation is 1. The van der Waals surface area contributed by atoms with Gasteiger partial charge in [-0.1, -0.05) is 31.4 Å². The van der Waals surface area contributed by atoms with Crippen molar-refractivity contribution in [2.45, 2.75) is 20.3 Å². The van der Waals surface area contributed by atoms with Gasteiger partial charge in [0.25, 0.3) is 0 Å². The third-order valence-electron chi connectivity index (χ3n) is 4.93. The van der Waals surface area contributed by atoms with E-state index in [2.05, 4.69) is 13.2 Å². The SMILES string of the molecule is C=C/C=C(\C=C)COc1ccc(OCC(Cc2cc(N)ccc2OC)C(C)=O)c(C)c1. The van der Waals surface area contributed by atoms with Gasteiger partial charge in [0.15, 0.2) is 0 Å². The quantitative estimate of drug-likeness (QED) is 0.382. The van der Waals surface area contributed by atoms with E-state index in [1.165, 1.54) is 0 Å². The van der Waals surface area contributed by atoms with Crippen molar-refractivity contribution in [1.29, 1.82) is 0 Å². The lowest BCUT2D eigenvalue weighted by Gasteiger charge is -2.18. The summed E-state index contributed by atoms with van der Waals surface area (Å²) in [7, 11) is 1.60. The number of hydrogen-bond donors (Lipinski definition) is 1. The van der Waals surface area contributed by atoms with Crippen LogP contribution in [0.3, 0.4) is 0 Å². The normalized spacial score (nSPS) is 12.0. The van der Waals surface area contributed by atoms with E-state index in [1.54, 1.807) is 32.3 Å². The number of carbonyl (C=O) groups is 1. The first-order valence-electron chi connectivity index (χ1n) is 10.1. The number of anilines is 1. The second-order valence-corrected chi connectivity index (χ2v) is 7.29. The Morgan fingerprint density at radius 2 is 1.87 bits per heavy atom. The van der Waals surface area contributed by atoms with Crippen LogP contribution >= 0.6 is 0 Å². The summed E-state index contributed by atoms with van der Waals surface area (Å²) < 4.78 is 17.2. The van der Waals surface area contributed by atoms with Gasteiger partial charge in [0, 0.05) is 5.69 Å². The van der Waals surface area contributed by atoms with Crippen LogP contribution in [0.15, 0.2) is 73.4 Å². The van der Waals surface area contributed by atoms with E-state index in [1.807, 2.05) is 43.3 Å². The molecule has 0 aliphatic rings. The minimum Gasteiger partial charge on any atom is -0.496 e. The summed E-state index contributed by atoms with van der Waals surface area (Å²) in [6.07, 6.45) is 5.79. The minimum atomic E-state index is -0.315. The standard InChI is InChI=1S/C26H31NO4/c1-6-8-20(7-2)16-30-24-10-12-25(18(3)13-24)31-17-22(19(4)28)14-21-15-23(27)9-11-26(21)29-5/h6-13,15,22H,1-2,14,16-17,27H2,3-5H3/b20-8+. The van der Waals surface area contributed by atoms with Crippen molar-refractivity contribution in [1.82, 2.24) is 0 Å². The number of ether oxygens (including phenoxy) is 3. The van der Waals surface area contributed by atoms with Crippen molar-refractivity contribution in [3.8, 4) is 17.2 Å². The first-order valence-corrected chi connectivity index (χ1v) is 10.1. The Morgan fingerprint density at radius 1 is 1.13 bits per heavy atom. The summed E-state index contributed by atoms with van der Waals surface area (Å²) in [6.45, 7) is 11.6. The number of allylic oxidation sites excluding steroid dienone is 2. The molecule has 1 unspecified atom stereocenters. The van der Waals surface area contributed by atoms with Crippen molar-refractivity contribution < 1.29 is 19.0 Å². The number of nitrogen functional groups attached to an aromatic ring is 1. The van der Waals surface area contributed by atoms with E-state index in [9.17, 15) is 4.79 Å². The van der Waals surface area contributed by atoms with E-state index in [0.29, 0.717) is 30.2 Å². The third-order valence-corrected chi connectivity index (χ3v) is 4.93. The maximum atomic E-state index is 12.2. The Labute approximate surface area is 184 Å². The van der Waals surface area contributed by atoms with Crippen LogP contribution in [0.5, 0.6) is 17.2 Å². The van der Waals surface area contributed by atoms with E-state index >= 15 is 0 Å². The number of ketones is 1. The second-order valence-electron chi connectivity index (χ2n) is 7.29. The fraction of sp³-hybridized carbons (Fsp3) is 0.269. The molecule has 0 heterocycles. The molecule has 0 amide bonds. The summed E-state index contributed by atoms with van der Waals surface area (Å²) in [4.78, 5) is 12.2. The summed E-state index contributed by atoms with van der Waals surface area (Å²) in [6, 6.07) is 11.0. The molecule has 0 aliphatic carbocycles. The zero-order valence-electron chi connectivity index (χ0n) is 18.5. The van der Waals surface area contributed by atoms with Crippen molar-refractivity contribution >= 4 is 11.5 Å². The number of nitrogens with two attached hydrogens (primary N) is 1. The van der Waals surface area contributed by atoms with Gasteiger partial charge in [-0.2, -0.15) is 0 Å². The maximum absolute atomic E-state index is 12.2. The minimum absolute atomic E-state index is 0.0491. The van der Waals surface area contributed by atoms with Gasteiger partial charge in [0.2, 0.25) is 0 Å². The van der Waals surface area contributed by atoms with Crippen LogP contribution in [0.2, 0.25) is 0 Å². The average molecular weight is 422 g/mol. The number of carbonyl (C=O) groups excluding carboxylic acids is 1. The van der Waals surface area contributed by atoms with E-state index in [4.69, 9.17) is 19.9 Å². The van der Waals surface area contributed by atoms with Crippen molar-refractivity contribution in [2.24, 2.45) is 5.92 Å². The monoisotopic (exact) mass is 421 g/mol. The molecule has 0 radical (unpaired) electrons. The summed E-state index contributed by atoms with van der Waals surface area (Å²) in [5.41, 5.74) is 9.29. The van der Waals surface area contributed by atoms with Crippen LogP contribution in [0.1, 0.15) is 18.1 Å². The van der Waals surface area contributed by atoms with Crippen LogP contribution in [0, 0.1) is 12.8 Å². The fourth-order valence-electron chi connectivity index (χ4n) is 3.10. The molecular formula is C26H31NO4. The third kappa shape index (κ3) is 7.07. The molecule has 164 valence electrons. The molecule has 2 aromatic carbocycles. The molecule has 5 nitrogen and oxygen atoms in total. The van der Waals surface area contributed by atoms with Crippen LogP contribution in [0.25, 0.3) is 0 Å². The summed E-state index contributed by atoms with van der Waals surface area (Å²) in [5.74, 6) is 1.89. The second kappa shape index (κ2) is 11.6. The van der Waals surface area contributed by atoms with Gasteiger partial charge in [-0.3, -0.25) is 4.79 Å². The molecule has 0 saturated heterocycles. The molecule has 0 spiro atoms. The number of Topliss-reactive ketones (excluding diaryl/α,β-unsaturated/α-hetero) is 1. The van der Waals surface area contributed by atoms with Gasteiger partial charge in [0.1, 0.15) is 29.6 Å². The van der Waals surface area contributed by atoms with Gasteiger partial charge >= 0.3 is 0 Å². The Morgan fingerprint density at radius 3 is 2.48 bits per heavy atom. The average Bonchev–Trinajstić information content (AvgIpc) is 2.75. The molecule has 31 heavy (non-hydrogen) atoms. The summed E-state index contributed by atoms with van der Waals surface area (Å²) in [5, 5.41) is 0. The Hall–Kier alpha value is -3.47. The number of hydrogen-bond acceptors (Lipinski definition) is 5. The molecule has 0 saturated carbocycles. The lowest BCUT2D eigenvalue weighted by molar-refractivity contribution is -0.121. The van der Waals surface area contributed by atoms with Crippen LogP contribution in [0.4, 0.5) is 5.69 Å². The van der Waals surface area contributed by atoms with Gasteiger partial charge in [-0.05, 0) is 73.4 Å². The van der Waals surface area contributed by atoms with Gasteiger partial charge in [-0.15, -0.1) is 0 Å². The zero-order valence-corrected chi connectivity index (χ0v) is 18.5. The van der Waals surface area contributed by atoms with Crippen molar-refractivity contribution in [2.75, 3.05) is 26.1 Å². The molecule has 0 bridgehead atoms. The van der Waals surface area contributed by atoms with Gasteiger partial charge in [-0.25, -0.2) is 0 Å². The van der Waals surface area contributed by atoms with Gasteiger partial charge in [0.05, 0.1) is 19.6 Å². The molecule has 5 heteroatoms. The predicted octanol–water partition coefficient (Wildman–Crippen LogP) is 5.09. The van der Waals surface area contributed by atoms with Crippen LogP contribution in [-0.4, -0.2) is 26.1 Å². The summed E-state index contributed by atoms with van der Waals surface area (Å²) >= 11 is 0. The number of benzene rings is 2. The smallest absolute Gasteiger partial charge is 0.136 e. The fourth-order valence-corrected chi connectivity index (χ4v) is 3.10. The highest BCUT2D eigenvalue weighted by Gasteiger charge is 2.19. The Kier molecular flexibility index (Phi) is 8.94. The maximum Gasteiger partial charge on any atom is 0.136 e. The Bertz CT molecular complexity index is 962. The number of methoxy groups -OCH3 is 1. The highest BCUT2D eigenvalue weighted by molar-refractivity contribution is 5.79. The highest BCUT2D eigenvalue weighted by atomic mass is 16.5. The predicted molar refractivity (Wildman–Crippen MR) is 126 cm³/mol. The number of rotatable bonds is 12. The van der Waals surface area contributed by atoms with Crippen molar-refractivity contribution in [3.63, 3.8) is 0 Å².